The van der Waals surface area contributed by atoms with Crippen LogP contribution in [0.4, 0.5) is 0 Å². The Bertz CT molecular complexity index is 233. The van der Waals surface area contributed by atoms with Crippen LogP contribution in [0.25, 0.3) is 0 Å². The largest absolute Gasteiger partial charge is 0.368 e. The van der Waals surface area contributed by atoms with Crippen LogP contribution in [-0.4, -0.2) is 53.0 Å². The third kappa shape index (κ3) is 1.93. The van der Waals surface area contributed by atoms with E-state index in [4.69, 9.17) is 4.74 Å². The Labute approximate surface area is 95.2 Å². The van der Waals surface area contributed by atoms with E-state index in [2.05, 4.69) is 16.7 Å². The van der Waals surface area contributed by atoms with E-state index in [0.29, 0.717) is 18.1 Å². The summed E-state index contributed by atoms with van der Waals surface area (Å²) in [5.74, 6) is 3.15. The molecule has 2 saturated heterocycles. The van der Waals surface area contributed by atoms with Crippen molar-refractivity contribution >= 4 is 11.8 Å². The van der Waals surface area contributed by atoms with Crippen molar-refractivity contribution < 1.29 is 9.84 Å². The molecular formula is C11H19NO2S. The van der Waals surface area contributed by atoms with Gasteiger partial charge in [0.15, 0.2) is 6.29 Å². The molecule has 0 aromatic heterocycles. The fourth-order valence-corrected chi connectivity index (χ4v) is 4.27. The first-order valence-corrected chi connectivity index (χ1v) is 7.15. The molecule has 0 radical (unpaired) electrons. The van der Waals surface area contributed by atoms with Crippen LogP contribution in [0.2, 0.25) is 0 Å². The monoisotopic (exact) mass is 229 g/mol. The maximum Gasteiger partial charge on any atom is 0.155 e. The Morgan fingerprint density at radius 3 is 2.80 bits per heavy atom. The zero-order valence-electron chi connectivity index (χ0n) is 8.97. The van der Waals surface area contributed by atoms with Gasteiger partial charge >= 0.3 is 0 Å². The van der Waals surface area contributed by atoms with Crippen LogP contribution < -0.4 is 0 Å². The van der Waals surface area contributed by atoms with Crippen LogP contribution in [-0.2, 0) is 4.74 Å². The van der Waals surface area contributed by atoms with E-state index in [1.54, 1.807) is 0 Å². The molecule has 3 aliphatic rings. The molecule has 1 unspecified atom stereocenters. The topological polar surface area (TPSA) is 32.7 Å². The molecule has 0 aromatic carbocycles. The average Bonchev–Trinajstić information content (AvgIpc) is 2.77. The average molecular weight is 229 g/mol. The quantitative estimate of drug-likeness (QED) is 0.725. The van der Waals surface area contributed by atoms with Crippen molar-refractivity contribution in [2.45, 2.75) is 37.7 Å². The Balaban J connectivity index is 1.66. The SMILES string of the molecule is OC1C[C@H]2[C@H](N3CCSCC3)CC[C@H]2O1. The lowest BCUT2D eigenvalue weighted by molar-refractivity contribution is -0.0906. The molecule has 3 rings (SSSR count). The van der Waals surface area contributed by atoms with Crippen molar-refractivity contribution in [1.29, 1.82) is 0 Å². The van der Waals surface area contributed by atoms with Crippen LogP contribution in [0.15, 0.2) is 0 Å². The lowest BCUT2D eigenvalue weighted by atomic mass is 9.98. The predicted molar refractivity (Wildman–Crippen MR) is 60.9 cm³/mol. The number of hydrogen-bond donors (Lipinski definition) is 1. The predicted octanol–water partition coefficient (Wildman–Crippen LogP) is 0.921. The molecule has 4 atom stereocenters. The molecule has 2 aliphatic heterocycles. The fourth-order valence-electron chi connectivity index (χ4n) is 3.34. The first kappa shape index (κ1) is 10.4. The second-order valence-corrected chi connectivity index (χ2v) is 6.05. The molecule has 0 bridgehead atoms. The first-order valence-electron chi connectivity index (χ1n) is 6.00. The fraction of sp³-hybridized carbons (Fsp3) is 1.00. The number of fused-ring (bicyclic) bond motifs is 1. The van der Waals surface area contributed by atoms with Crippen LogP contribution in [0.1, 0.15) is 19.3 Å². The van der Waals surface area contributed by atoms with Gasteiger partial charge in [0.2, 0.25) is 0 Å². The first-order chi connectivity index (χ1) is 7.34. The Morgan fingerprint density at radius 2 is 2.00 bits per heavy atom. The van der Waals surface area contributed by atoms with Gasteiger partial charge in [-0.3, -0.25) is 4.90 Å². The molecule has 4 heteroatoms. The maximum atomic E-state index is 9.51. The Hall–Kier alpha value is 0.230. The van der Waals surface area contributed by atoms with Crippen molar-refractivity contribution in [2.24, 2.45) is 5.92 Å². The van der Waals surface area contributed by atoms with Gasteiger partial charge in [-0.15, -0.1) is 0 Å². The lowest BCUT2D eigenvalue weighted by Crippen LogP contribution is -2.43. The molecular weight excluding hydrogens is 210 g/mol. The van der Waals surface area contributed by atoms with E-state index in [0.717, 1.165) is 12.8 Å². The Morgan fingerprint density at radius 1 is 1.20 bits per heavy atom. The van der Waals surface area contributed by atoms with Crippen molar-refractivity contribution in [1.82, 2.24) is 4.90 Å². The van der Waals surface area contributed by atoms with Crippen LogP contribution in [0.3, 0.4) is 0 Å². The molecule has 0 amide bonds. The number of hydrogen-bond acceptors (Lipinski definition) is 4. The van der Waals surface area contributed by atoms with Crippen molar-refractivity contribution in [3.05, 3.63) is 0 Å². The van der Waals surface area contributed by atoms with Gasteiger partial charge < -0.3 is 9.84 Å². The summed E-state index contributed by atoms with van der Waals surface area (Å²) in [5, 5.41) is 9.51. The number of nitrogens with zero attached hydrogens (tertiary/aromatic N) is 1. The third-order valence-corrected chi connectivity index (χ3v) is 4.98. The molecule has 0 spiro atoms. The normalized spacial score (nSPS) is 47.0. The zero-order chi connectivity index (χ0) is 10.3. The van der Waals surface area contributed by atoms with Gasteiger partial charge in [-0.1, -0.05) is 0 Å². The van der Waals surface area contributed by atoms with Crippen LogP contribution in [0, 0.1) is 5.92 Å². The van der Waals surface area contributed by atoms with Gasteiger partial charge in [0, 0.05) is 43.0 Å². The summed E-state index contributed by atoms with van der Waals surface area (Å²) in [6.07, 6.45) is 3.14. The lowest BCUT2D eigenvalue weighted by Gasteiger charge is -2.34. The molecule has 2 heterocycles. The van der Waals surface area contributed by atoms with E-state index >= 15 is 0 Å². The minimum absolute atomic E-state index is 0.347. The van der Waals surface area contributed by atoms with Gasteiger partial charge in [-0.2, -0.15) is 11.8 Å². The maximum absolute atomic E-state index is 9.51. The zero-order valence-corrected chi connectivity index (χ0v) is 9.79. The van der Waals surface area contributed by atoms with E-state index < -0.39 is 6.29 Å². The summed E-state index contributed by atoms with van der Waals surface area (Å²) in [4.78, 5) is 2.63. The highest BCUT2D eigenvalue weighted by Crippen LogP contribution is 2.41. The van der Waals surface area contributed by atoms with Crippen molar-refractivity contribution in [2.75, 3.05) is 24.6 Å². The molecule has 1 saturated carbocycles. The molecule has 1 aliphatic carbocycles. The van der Waals surface area contributed by atoms with Gasteiger partial charge in [-0.05, 0) is 12.8 Å². The molecule has 0 aromatic rings. The highest BCUT2D eigenvalue weighted by molar-refractivity contribution is 7.99. The molecule has 15 heavy (non-hydrogen) atoms. The van der Waals surface area contributed by atoms with Crippen molar-refractivity contribution in [3.63, 3.8) is 0 Å². The molecule has 3 fully saturated rings. The molecule has 86 valence electrons. The summed E-state index contributed by atoms with van der Waals surface area (Å²) in [6, 6.07) is 0.688. The second kappa shape index (κ2) is 4.24. The van der Waals surface area contributed by atoms with Crippen LogP contribution in [0.5, 0.6) is 0 Å². The van der Waals surface area contributed by atoms with Crippen LogP contribution >= 0.6 is 11.8 Å². The molecule has 3 nitrogen and oxygen atoms in total. The number of aliphatic hydroxyl groups excluding tert-OH is 1. The number of thioether (sulfide) groups is 1. The smallest absolute Gasteiger partial charge is 0.155 e. The molecule has 1 N–H and O–H groups in total. The summed E-state index contributed by atoms with van der Waals surface area (Å²) in [6.45, 7) is 2.46. The summed E-state index contributed by atoms with van der Waals surface area (Å²) >= 11 is 2.06. The van der Waals surface area contributed by atoms with Gasteiger partial charge in [0.1, 0.15) is 0 Å². The summed E-state index contributed by atoms with van der Waals surface area (Å²) in [5.41, 5.74) is 0. The van der Waals surface area contributed by atoms with Crippen molar-refractivity contribution in [3.8, 4) is 0 Å². The minimum atomic E-state index is -0.484. The highest BCUT2D eigenvalue weighted by Gasteiger charge is 2.46. The van der Waals surface area contributed by atoms with Gasteiger partial charge in [0.05, 0.1) is 6.10 Å². The number of aliphatic hydroxyl groups is 1. The van der Waals surface area contributed by atoms with Gasteiger partial charge in [-0.25, -0.2) is 0 Å². The summed E-state index contributed by atoms with van der Waals surface area (Å²) < 4.78 is 5.53. The highest BCUT2D eigenvalue weighted by atomic mass is 32.2. The van der Waals surface area contributed by atoms with E-state index in [1.165, 1.54) is 31.0 Å². The Kier molecular flexibility index (Phi) is 2.94. The number of ether oxygens (including phenoxy) is 1. The standard InChI is InChI=1S/C11H19NO2S/c13-11-7-8-9(1-2-10(8)14-11)12-3-5-15-6-4-12/h8-11,13H,1-7H2/t8-,9+,10+,11?/m0/s1. The van der Waals surface area contributed by atoms with E-state index in [9.17, 15) is 5.11 Å². The summed E-state index contributed by atoms with van der Waals surface area (Å²) in [7, 11) is 0. The third-order valence-electron chi connectivity index (χ3n) is 4.04. The number of rotatable bonds is 1. The second-order valence-electron chi connectivity index (χ2n) is 4.82. The van der Waals surface area contributed by atoms with Gasteiger partial charge in [0.25, 0.3) is 0 Å². The minimum Gasteiger partial charge on any atom is -0.368 e. The van der Waals surface area contributed by atoms with E-state index in [-0.39, 0.29) is 0 Å². The van der Waals surface area contributed by atoms with E-state index in [1.807, 2.05) is 0 Å².